The van der Waals surface area contributed by atoms with E-state index in [9.17, 15) is 8.42 Å². The van der Waals surface area contributed by atoms with E-state index < -0.39 is 10.0 Å². The summed E-state index contributed by atoms with van der Waals surface area (Å²) < 4.78 is 28.8. The van der Waals surface area contributed by atoms with Crippen LogP contribution in [0.4, 0.5) is 0 Å². The molecule has 1 aromatic heterocycles. The standard InChI is InChI=1S/C18H27N3O2S/c1-6-14(3)16-8-10-18(11-9-16)24(22,23)20(5)12-17-13-21(7-2)19-15(17)4/h8-11,13-14H,6-7,12H2,1-5H3/t14-/m1/s1. The Balaban J connectivity index is 2.20. The van der Waals surface area contributed by atoms with Gasteiger partial charge in [-0.05, 0) is 43.9 Å². The van der Waals surface area contributed by atoms with E-state index in [2.05, 4.69) is 18.9 Å². The second-order valence-corrected chi connectivity index (χ2v) is 8.28. The van der Waals surface area contributed by atoms with Crippen LogP contribution < -0.4 is 0 Å². The Kier molecular flexibility index (Phi) is 5.83. The fourth-order valence-corrected chi connectivity index (χ4v) is 3.73. The van der Waals surface area contributed by atoms with Crippen LogP contribution >= 0.6 is 0 Å². The first-order valence-corrected chi connectivity index (χ1v) is 9.82. The third kappa shape index (κ3) is 3.87. The maximum Gasteiger partial charge on any atom is 0.243 e. The predicted molar refractivity (Wildman–Crippen MR) is 96.4 cm³/mol. The van der Waals surface area contributed by atoms with Crippen LogP contribution in [-0.4, -0.2) is 29.6 Å². The van der Waals surface area contributed by atoms with E-state index in [0.29, 0.717) is 17.4 Å². The van der Waals surface area contributed by atoms with Gasteiger partial charge in [0.15, 0.2) is 0 Å². The van der Waals surface area contributed by atoms with E-state index in [-0.39, 0.29) is 0 Å². The molecule has 2 aromatic rings. The molecule has 0 aliphatic carbocycles. The van der Waals surface area contributed by atoms with E-state index in [1.807, 2.05) is 36.9 Å². The van der Waals surface area contributed by atoms with Gasteiger partial charge in [-0.15, -0.1) is 0 Å². The van der Waals surface area contributed by atoms with Crippen molar-refractivity contribution in [2.45, 2.75) is 58.0 Å². The quantitative estimate of drug-likeness (QED) is 0.768. The van der Waals surface area contributed by atoms with E-state index in [1.165, 1.54) is 9.87 Å². The molecule has 0 aliphatic heterocycles. The first-order chi connectivity index (χ1) is 11.3. The predicted octanol–water partition coefficient (Wildman–Crippen LogP) is 3.55. The molecule has 0 aliphatic rings. The summed E-state index contributed by atoms with van der Waals surface area (Å²) in [6, 6.07) is 7.23. The van der Waals surface area contributed by atoms with Gasteiger partial charge in [-0.3, -0.25) is 4.68 Å². The number of sulfonamides is 1. The molecule has 0 fully saturated rings. The zero-order chi connectivity index (χ0) is 17.9. The van der Waals surface area contributed by atoms with Crippen LogP contribution in [0.15, 0.2) is 35.4 Å². The molecule has 0 saturated carbocycles. The Bertz CT molecular complexity index is 779. The van der Waals surface area contributed by atoms with Crippen molar-refractivity contribution in [1.82, 2.24) is 14.1 Å². The number of nitrogens with zero attached hydrogens (tertiary/aromatic N) is 3. The zero-order valence-corrected chi connectivity index (χ0v) is 16.0. The number of aryl methyl sites for hydroxylation is 2. The van der Waals surface area contributed by atoms with Gasteiger partial charge in [0.2, 0.25) is 10.0 Å². The summed E-state index contributed by atoms with van der Waals surface area (Å²) in [7, 11) is -1.89. The number of aromatic nitrogens is 2. The van der Waals surface area contributed by atoms with Crippen molar-refractivity contribution in [3.8, 4) is 0 Å². The summed E-state index contributed by atoms with van der Waals surface area (Å²) in [5.74, 6) is 0.432. The fourth-order valence-electron chi connectivity index (χ4n) is 2.59. The molecule has 24 heavy (non-hydrogen) atoms. The highest BCUT2D eigenvalue weighted by Crippen LogP contribution is 2.23. The molecule has 0 bridgehead atoms. The number of hydrogen-bond donors (Lipinski definition) is 0. The third-order valence-electron chi connectivity index (χ3n) is 4.53. The van der Waals surface area contributed by atoms with Gasteiger partial charge in [0.1, 0.15) is 0 Å². The van der Waals surface area contributed by atoms with Crippen molar-refractivity contribution >= 4 is 10.0 Å². The van der Waals surface area contributed by atoms with Crippen molar-refractivity contribution in [2.24, 2.45) is 0 Å². The number of hydrogen-bond acceptors (Lipinski definition) is 3. The second-order valence-electron chi connectivity index (χ2n) is 6.23. The van der Waals surface area contributed by atoms with E-state index in [1.54, 1.807) is 19.2 Å². The molecule has 0 amide bonds. The average molecular weight is 350 g/mol. The highest BCUT2D eigenvalue weighted by Gasteiger charge is 2.22. The van der Waals surface area contributed by atoms with Gasteiger partial charge in [-0.25, -0.2) is 8.42 Å². The summed E-state index contributed by atoms with van der Waals surface area (Å²) in [6.45, 7) is 9.28. The zero-order valence-electron chi connectivity index (χ0n) is 15.2. The Morgan fingerprint density at radius 2 is 1.83 bits per heavy atom. The van der Waals surface area contributed by atoms with Crippen molar-refractivity contribution in [3.63, 3.8) is 0 Å². The van der Waals surface area contributed by atoms with Crippen LogP contribution in [-0.2, 0) is 23.1 Å². The molecule has 1 aromatic carbocycles. The van der Waals surface area contributed by atoms with E-state index in [0.717, 1.165) is 24.2 Å². The highest BCUT2D eigenvalue weighted by molar-refractivity contribution is 7.89. The summed E-state index contributed by atoms with van der Waals surface area (Å²) in [5.41, 5.74) is 2.96. The Labute approximate surface area is 145 Å². The minimum absolute atomic E-state index is 0.321. The van der Waals surface area contributed by atoms with Gasteiger partial charge in [-0.2, -0.15) is 9.40 Å². The van der Waals surface area contributed by atoms with Crippen LogP contribution in [0.1, 0.15) is 49.9 Å². The summed E-state index contributed by atoms with van der Waals surface area (Å²) in [5, 5.41) is 4.37. The largest absolute Gasteiger partial charge is 0.272 e. The average Bonchev–Trinajstić information content (AvgIpc) is 2.94. The number of benzene rings is 1. The SMILES string of the molecule is CC[C@@H](C)c1ccc(S(=O)(=O)N(C)Cc2cn(CC)nc2C)cc1. The molecule has 6 heteroatoms. The summed E-state index contributed by atoms with van der Waals surface area (Å²) in [4.78, 5) is 0.331. The maximum absolute atomic E-state index is 12.8. The molecule has 2 rings (SSSR count). The third-order valence-corrected chi connectivity index (χ3v) is 6.35. The van der Waals surface area contributed by atoms with E-state index in [4.69, 9.17) is 0 Å². The lowest BCUT2D eigenvalue weighted by Gasteiger charge is -2.17. The summed E-state index contributed by atoms with van der Waals surface area (Å²) in [6.07, 6.45) is 2.94. The molecular weight excluding hydrogens is 322 g/mol. The van der Waals surface area contributed by atoms with Crippen LogP contribution in [0.3, 0.4) is 0 Å². The lowest BCUT2D eigenvalue weighted by molar-refractivity contribution is 0.465. The molecule has 132 valence electrons. The van der Waals surface area contributed by atoms with Crippen molar-refractivity contribution in [1.29, 1.82) is 0 Å². The second kappa shape index (κ2) is 7.49. The smallest absolute Gasteiger partial charge is 0.243 e. The molecule has 1 atom stereocenters. The molecule has 0 spiro atoms. The van der Waals surface area contributed by atoms with Crippen molar-refractivity contribution < 1.29 is 8.42 Å². The molecule has 0 unspecified atom stereocenters. The van der Waals surface area contributed by atoms with Crippen LogP contribution in [0.2, 0.25) is 0 Å². The molecule has 5 nitrogen and oxygen atoms in total. The topological polar surface area (TPSA) is 55.2 Å². The molecule has 0 saturated heterocycles. The minimum Gasteiger partial charge on any atom is -0.272 e. The van der Waals surface area contributed by atoms with Crippen LogP contribution in [0, 0.1) is 6.92 Å². The minimum atomic E-state index is -3.50. The molecule has 0 N–H and O–H groups in total. The van der Waals surface area contributed by atoms with E-state index >= 15 is 0 Å². The normalized spacial score (nSPS) is 13.4. The van der Waals surface area contributed by atoms with Crippen molar-refractivity contribution in [3.05, 3.63) is 47.3 Å². The Morgan fingerprint density at radius 3 is 2.33 bits per heavy atom. The summed E-state index contributed by atoms with van der Waals surface area (Å²) >= 11 is 0. The van der Waals surface area contributed by atoms with Gasteiger partial charge in [0, 0.05) is 31.9 Å². The fraction of sp³-hybridized carbons (Fsp3) is 0.500. The van der Waals surface area contributed by atoms with Gasteiger partial charge in [0.05, 0.1) is 10.6 Å². The first-order valence-electron chi connectivity index (χ1n) is 8.38. The lowest BCUT2D eigenvalue weighted by atomic mass is 9.99. The lowest BCUT2D eigenvalue weighted by Crippen LogP contribution is -2.26. The van der Waals surface area contributed by atoms with Gasteiger partial charge < -0.3 is 0 Å². The maximum atomic E-state index is 12.8. The Morgan fingerprint density at radius 1 is 1.21 bits per heavy atom. The van der Waals surface area contributed by atoms with Gasteiger partial charge in [0.25, 0.3) is 0 Å². The Hall–Kier alpha value is -1.66. The molecule has 1 heterocycles. The highest BCUT2D eigenvalue weighted by atomic mass is 32.2. The van der Waals surface area contributed by atoms with Crippen LogP contribution in [0.5, 0.6) is 0 Å². The van der Waals surface area contributed by atoms with Crippen molar-refractivity contribution in [2.75, 3.05) is 7.05 Å². The monoisotopic (exact) mass is 349 g/mol. The molecular formula is C18H27N3O2S. The number of rotatable bonds is 7. The van der Waals surface area contributed by atoms with Gasteiger partial charge >= 0.3 is 0 Å². The first kappa shape index (κ1) is 18.7. The van der Waals surface area contributed by atoms with Crippen LogP contribution in [0.25, 0.3) is 0 Å². The molecule has 0 radical (unpaired) electrons. The van der Waals surface area contributed by atoms with Gasteiger partial charge in [-0.1, -0.05) is 26.0 Å².